The second kappa shape index (κ2) is 8.54. The SMILES string of the molecule is CC1(C)CC(C)(c2cc(NC(=O)c3ccc(OC(F)F)cn3)ccc2F)N=C(N)CO1. The van der Waals surface area contributed by atoms with Crippen molar-refractivity contribution in [3.8, 4) is 5.75 Å². The van der Waals surface area contributed by atoms with Gasteiger partial charge in [-0.2, -0.15) is 8.78 Å². The summed E-state index contributed by atoms with van der Waals surface area (Å²) in [4.78, 5) is 20.8. The summed E-state index contributed by atoms with van der Waals surface area (Å²) in [6.07, 6.45) is 1.38. The van der Waals surface area contributed by atoms with Crippen LogP contribution in [0.2, 0.25) is 0 Å². The van der Waals surface area contributed by atoms with Gasteiger partial charge in [0.2, 0.25) is 0 Å². The third kappa shape index (κ3) is 5.52. The van der Waals surface area contributed by atoms with E-state index < -0.39 is 29.5 Å². The first-order valence-electron chi connectivity index (χ1n) is 9.48. The molecule has 0 saturated heterocycles. The van der Waals surface area contributed by atoms with Crippen molar-refractivity contribution in [2.24, 2.45) is 10.7 Å². The average Bonchev–Trinajstić information content (AvgIpc) is 2.78. The maximum Gasteiger partial charge on any atom is 0.387 e. The van der Waals surface area contributed by atoms with Gasteiger partial charge in [-0.1, -0.05) is 0 Å². The maximum absolute atomic E-state index is 14.8. The number of aromatic nitrogens is 1. The fraction of sp³-hybridized carbons (Fsp3) is 0.381. The quantitative estimate of drug-likeness (QED) is 0.742. The number of rotatable bonds is 5. The molecule has 1 aliphatic rings. The van der Waals surface area contributed by atoms with Gasteiger partial charge in [-0.15, -0.1) is 0 Å². The Morgan fingerprint density at radius 2 is 2.00 bits per heavy atom. The molecule has 166 valence electrons. The summed E-state index contributed by atoms with van der Waals surface area (Å²) >= 11 is 0. The van der Waals surface area contributed by atoms with Crippen LogP contribution in [-0.2, 0) is 10.3 Å². The average molecular weight is 436 g/mol. The molecule has 0 radical (unpaired) electrons. The van der Waals surface area contributed by atoms with Crippen LogP contribution >= 0.6 is 0 Å². The molecule has 1 aromatic heterocycles. The van der Waals surface area contributed by atoms with Crippen LogP contribution in [0.1, 0.15) is 43.2 Å². The van der Waals surface area contributed by atoms with E-state index in [1.54, 1.807) is 6.92 Å². The Balaban J connectivity index is 1.85. The molecule has 0 spiro atoms. The number of carbonyl (C=O) groups excluding carboxylic acids is 1. The van der Waals surface area contributed by atoms with Gasteiger partial charge in [0.1, 0.15) is 29.7 Å². The molecule has 3 N–H and O–H groups in total. The maximum atomic E-state index is 14.8. The topological polar surface area (TPSA) is 98.8 Å². The van der Waals surface area contributed by atoms with Gasteiger partial charge in [-0.25, -0.2) is 9.37 Å². The van der Waals surface area contributed by atoms with Gasteiger partial charge >= 0.3 is 6.61 Å². The van der Waals surface area contributed by atoms with Crippen LogP contribution in [-0.4, -0.2) is 35.5 Å². The van der Waals surface area contributed by atoms with Crippen LogP contribution in [0.3, 0.4) is 0 Å². The van der Waals surface area contributed by atoms with E-state index in [0.717, 1.165) is 6.20 Å². The van der Waals surface area contributed by atoms with Gasteiger partial charge in [-0.3, -0.25) is 9.79 Å². The second-order valence-electron chi connectivity index (χ2n) is 8.01. The largest absolute Gasteiger partial charge is 0.433 e. The van der Waals surface area contributed by atoms with Crippen molar-refractivity contribution in [2.45, 2.75) is 44.9 Å². The van der Waals surface area contributed by atoms with E-state index >= 15 is 0 Å². The number of amidine groups is 1. The number of halogens is 3. The zero-order chi connectivity index (χ0) is 22.8. The van der Waals surface area contributed by atoms with E-state index in [2.05, 4.69) is 20.0 Å². The second-order valence-corrected chi connectivity index (χ2v) is 8.01. The first-order valence-corrected chi connectivity index (χ1v) is 9.48. The number of nitrogens with two attached hydrogens (primary N) is 1. The molecule has 2 heterocycles. The molecule has 1 aliphatic heterocycles. The van der Waals surface area contributed by atoms with Crippen molar-refractivity contribution in [1.29, 1.82) is 0 Å². The van der Waals surface area contributed by atoms with E-state index in [-0.39, 0.29) is 29.4 Å². The minimum Gasteiger partial charge on any atom is -0.433 e. The summed E-state index contributed by atoms with van der Waals surface area (Å²) in [6, 6.07) is 6.57. The Kier molecular flexibility index (Phi) is 6.21. The Bertz CT molecular complexity index is 996. The number of hydrogen-bond acceptors (Lipinski definition) is 6. The summed E-state index contributed by atoms with van der Waals surface area (Å²) < 4.78 is 49.2. The molecule has 0 fully saturated rings. The van der Waals surface area contributed by atoms with Crippen molar-refractivity contribution in [2.75, 3.05) is 11.9 Å². The van der Waals surface area contributed by atoms with Crippen molar-refractivity contribution < 1.29 is 27.4 Å². The molecule has 0 aliphatic carbocycles. The number of nitrogens with one attached hydrogen (secondary N) is 1. The highest BCUT2D eigenvalue weighted by atomic mass is 19.3. The molecule has 2 aromatic rings. The Morgan fingerprint density at radius 1 is 1.26 bits per heavy atom. The molecule has 7 nitrogen and oxygen atoms in total. The number of aliphatic imine (C=N–C) groups is 1. The van der Waals surface area contributed by atoms with Gasteiger partial charge in [0, 0.05) is 17.7 Å². The summed E-state index contributed by atoms with van der Waals surface area (Å²) in [5.41, 5.74) is 4.85. The molecule has 3 rings (SSSR count). The lowest BCUT2D eigenvalue weighted by Crippen LogP contribution is -2.33. The lowest BCUT2D eigenvalue weighted by Gasteiger charge is -2.33. The van der Waals surface area contributed by atoms with Crippen LogP contribution in [0.5, 0.6) is 5.75 Å². The molecule has 1 aromatic carbocycles. The van der Waals surface area contributed by atoms with E-state index in [9.17, 15) is 18.0 Å². The first-order chi connectivity index (χ1) is 14.5. The van der Waals surface area contributed by atoms with Crippen LogP contribution in [0.4, 0.5) is 18.9 Å². The van der Waals surface area contributed by atoms with Crippen molar-refractivity contribution in [3.63, 3.8) is 0 Å². The van der Waals surface area contributed by atoms with Crippen molar-refractivity contribution in [1.82, 2.24) is 4.98 Å². The number of alkyl halides is 2. The Morgan fingerprint density at radius 3 is 2.65 bits per heavy atom. The standard InChI is InChI=1S/C21H23F3N4O3/c1-20(2)11-21(3,28-17(25)10-30-20)14-8-12(4-6-15(14)22)27-18(29)16-7-5-13(9-26-16)31-19(23)24/h4-9,19H,10-11H2,1-3H3,(H2,25,28)(H,27,29). The molecule has 0 bridgehead atoms. The normalized spacial score (nSPS) is 20.7. The number of amides is 1. The summed E-state index contributed by atoms with van der Waals surface area (Å²) in [7, 11) is 0. The number of carbonyl (C=O) groups is 1. The number of ether oxygens (including phenoxy) is 2. The van der Waals surface area contributed by atoms with E-state index in [1.165, 1.54) is 30.3 Å². The molecular weight excluding hydrogens is 413 g/mol. The van der Waals surface area contributed by atoms with Gasteiger partial charge in [0.05, 0.1) is 17.3 Å². The number of benzene rings is 1. The van der Waals surface area contributed by atoms with Crippen LogP contribution < -0.4 is 15.8 Å². The van der Waals surface area contributed by atoms with Gasteiger partial charge in [-0.05, 0) is 51.1 Å². The Labute approximate surface area is 177 Å². The smallest absolute Gasteiger partial charge is 0.387 e. The van der Waals surface area contributed by atoms with Gasteiger partial charge in [0.15, 0.2) is 0 Å². The number of nitrogens with zero attached hydrogens (tertiary/aromatic N) is 2. The number of hydrogen-bond donors (Lipinski definition) is 2. The highest BCUT2D eigenvalue weighted by molar-refractivity contribution is 6.02. The van der Waals surface area contributed by atoms with Crippen LogP contribution in [0.25, 0.3) is 0 Å². The predicted octanol–water partition coefficient (Wildman–Crippen LogP) is 3.85. The lowest BCUT2D eigenvalue weighted by molar-refractivity contribution is -0.0500. The summed E-state index contributed by atoms with van der Waals surface area (Å²) in [5, 5.41) is 2.62. The fourth-order valence-corrected chi connectivity index (χ4v) is 3.59. The van der Waals surface area contributed by atoms with Gasteiger partial charge < -0.3 is 20.5 Å². The zero-order valence-corrected chi connectivity index (χ0v) is 17.3. The number of anilines is 1. The summed E-state index contributed by atoms with van der Waals surface area (Å²) in [5.74, 6) is -1.02. The van der Waals surface area contributed by atoms with E-state index in [1.807, 2.05) is 13.8 Å². The third-order valence-electron chi connectivity index (χ3n) is 4.77. The first kappa shape index (κ1) is 22.5. The molecular formula is C21H23F3N4O3. The van der Waals surface area contributed by atoms with Crippen molar-refractivity contribution in [3.05, 3.63) is 53.6 Å². The zero-order valence-electron chi connectivity index (χ0n) is 17.3. The van der Waals surface area contributed by atoms with Gasteiger partial charge in [0.25, 0.3) is 5.91 Å². The molecule has 1 unspecified atom stereocenters. The minimum atomic E-state index is -2.99. The molecule has 10 heteroatoms. The monoisotopic (exact) mass is 436 g/mol. The van der Waals surface area contributed by atoms with Crippen molar-refractivity contribution >= 4 is 17.4 Å². The molecule has 31 heavy (non-hydrogen) atoms. The highest BCUT2D eigenvalue weighted by Crippen LogP contribution is 2.39. The highest BCUT2D eigenvalue weighted by Gasteiger charge is 2.39. The lowest BCUT2D eigenvalue weighted by atomic mass is 9.82. The molecule has 1 atom stereocenters. The van der Waals surface area contributed by atoms with Crippen LogP contribution in [0, 0.1) is 5.82 Å². The number of pyridine rings is 1. The van der Waals surface area contributed by atoms with Crippen LogP contribution in [0.15, 0.2) is 41.5 Å². The summed E-state index contributed by atoms with van der Waals surface area (Å²) in [6.45, 7) is 2.64. The molecule has 1 amide bonds. The van der Waals surface area contributed by atoms with E-state index in [4.69, 9.17) is 10.5 Å². The third-order valence-corrected chi connectivity index (χ3v) is 4.77. The molecule has 0 saturated carbocycles. The predicted molar refractivity (Wildman–Crippen MR) is 109 cm³/mol. The fourth-order valence-electron chi connectivity index (χ4n) is 3.59. The minimum absolute atomic E-state index is 0.0232. The van der Waals surface area contributed by atoms with E-state index in [0.29, 0.717) is 12.1 Å². The Hall–Kier alpha value is -3.14.